The van der Waals surface area contributed by atoms with Crippen molar-refractivity contribution in [3.63, 3.8) is 0 Å². The Morgan fingerprint density at radius 3 is 2.86 bits per heavy atom. The molecule has 1 aliphatic rings. The molecule has 0 aliphatic carbocycles. The number of hydrogen-bond acceptors (Lipinski definition) is 6. The first-order valence-electron chi connectivity index (χ1n) is 7.18. The second-order valence-electron chi connectivity index (χ2n) is 5.17. The van der Waals surface area contributed by atoms with E-state index in [2.05, 4.69) is 18.8 Å². The molecule has 1 aliphatic heterocycles. The predicted octanol–water partition coefficient (Wildman–Crippen LogP) is 3.84. The maximum absolute atomic E-state index is 12.2. The van der Waals surface area contributed by atoms with Crippen molar-refractivity contribution in [2.45, 2.75) is 26.7 Å². The highest BCUT2D eigenvalue weighted by atomic mass is 32.1. The average molecular weight is 319 g/mol. The zero-order valence-corrected chi connectivity index (χ0v) is 13.5. The highest BCUT2D eigenvalue weighted by Crippen LogP contribution is 2.40. The molecule has 0 unspecified atom stereocenters. The van der Waals surface area contributed by atoms with Gasteiger partial charge in [-0.1, -0.05) is 13.8 Å². The number of fused-ring (bicyclic) bond motifs is 1. The lowest BCUT2D eigenvalue weighted by Crippen LogP contribution is -2.06. The lowest BCUT2D eigenvalue weighted by Gasteiger charge is -2.03. The Balaban J connectivity index is 2.06. The van der Waals surface area contributed by atoms with Crippen LogP contribution in [-0.2, 0) is 4.74 Å². The molecule has 0 saturated carbocycles. The summed E-state index contributed by atoms with van der Waals surface area (Å²) in [7, 11) is 0. The van der Waals surface area contributed by atoms with Crippen LogP contribution < -0.4 is 9.47 Å². The Hall–Kier alpha value is -2.08. The maximum Gasteiger partial charge on any atom is 0.358 e. The van der Waals surface area contributed by atoms with Gasteiger partial charge in [-0.3, -0.25) is 0 Å². The third-order valence-corrected chi connectivity index (χ3v) is 4.65. The smallest absolute Gasteiger partial charge is 0.358 e. The Morgan fingerprint density at radius 2 is 2.14 bits per heavy atom. The molecule has 1 aromatic heterocycles. The molecule has 0 spiro atoms. The molecule has 5 nitrogen and oxygen atoms in total. The Morgan fingerprint density at radius 1 is 1.36 bits per heavy atom. The summed E-state index contributed by atoms with van der Waals surface area (Å²) >= 11 is 1.51. The van der Waals surface area contributed by atoms with Crippen LogP contribution >= 0.6 is 11.3 Å². The van der Waals surface area contributed by atoms with Gasteiger partial charge in [0, 0.05) is 5.92 Å². The number of rotatable bonds is 4. The molecule has 0 N–H and O–H groups in total. The quantitative estimate of drug-likeness (QED) is 0.801. The number of ether oxygens (including phenoxy) is 3. The van der Waals surface area contributed by atoms with Crippen LogP contribution in [0.1, 0.15) is 42.2 Å². The summed E-state index contributed by atoms with van der Waals surface area (Å²) in [4.78, 5) is 17.5. The zero-order valence-electron chi connectivity index (χ0n) is 12.7. The van der Waals surface area contributed by atoms with Gasteiger partial charge in [0.25, 0.3) is 0 Å². The van der Waals surface area contributed by atoms with E-state index in [1.165, 1.54) is 11.3 Å². The standard InChI is InChI=1S/C16H17NO4S/c1-4-19-16(18)13-14(22-15(17-13)9(2)3)10-5-6-11-12(7-10)21-8-20-11/h5-7,9H,4,8H2,1-3H3. The summed E-state index contributed by atoms with van der Waals surface area (Å²) in [6.45, 7) is 6.44. The molecule has 0 amide bonds. The molecule has 1 aromatic carbocycles. The van der Waals surface area contributed by atoms with E-state index in [1.807, 2.05) is 18.2 Å². The van der Waals surface area contributed by atoms with Crippen LogP contribution in [0.3, 0.4) is 0 Å². The van der Waals surface area contributed by atoms with Crippen molar-refractivity contribution in [1.82, 2.24) is 4.98 Å². The van der Waals surface area contributed by atoms with Gasteiger partial charge in [0.2, 0.25) is 6.79 Å². The van der Waals surface area contributed by atoms with Gasteiger partial charge in [-0.2, -0.15) is 0 Å². The Kier molecular flexibility index (Phi) is 4.02. The topological polar surface area (TPSA) is 57.7 Å². The number of aromatic nitrogens is 1. The van der Waals surface area contributed by atoms with Gasteiger partial charge < -0.3 is 14.2 Å². The monoisotopic (exact) mass is 319 g/mol. The molecule has 2 heterocycles. The SMILES string of the molecule is CCOC(=O)c1nc(C(C)C)sc1-c1ccc2c(c1)OCO2. The first-order valence-corrected chi connectivity index (χ1v) is 7.99. The molecule has 3 rings (SSSR count). The normalized spacial score (nSPS) is 12.7. The zero-order chi connectivity index (χ0) is 15.7. The van der Waals surface area contributed by atoms with Gasteiger partial charge in [0.1, 0.15) is 0 Å². The molecular weight excluding hydrogens is 302 g/mol. The van der Waals surface area contributed by atoms with Crippen LogP contribution in [0.15, 0.2) is 18.2 Å². The third-order valence-electron chi connectivity index (χ3n) is 3.24. The fourth-order valence-corrected chi connectivity index (χ4v) is 3.21. The van der Waals surface area contributed by atoms with Crippen molar-refractivity contribution >= 4 is 17.3 Å². The molecule has 2 aromatic rings. The number of benzene rings is 1. The second kappa shape index (κ2) is 5.96. The Bertz CT molecular complexity index is 708. The minimum atomic E-state index is -0.390. The van der Waals surface area contributed by atoms with Crippen LogP contribution in [0.5, 0.6) is 11.5 Å². The molecule has 0 fully saturated rings. The molecule has 116 valence electrons. The van der Waals surface area contributed by atoms with Crippen molar-refractivity contribution in [2.24, 2.45) is 0 Å². The van der Waals surface area contributed by atoms with Crippen molar-refractivity contribution < 1.29 is 19.0 Å². The van der Waals surface area contributed by atoms with Gasteiger partial charge in [-0.25, -0.2) is 9.78 Å². The fraction of sp³-hybridized carbons (Fsp3) is 0.375. The van der Waals surface area contributed by atoms with E-state index in [1.54, 1.807) is 6.92 Å². The van der Waals surface area contributed by atoms with E-state index in [-0.39, 0.29) is 12.7 Å². The number of carbonyl (C=O) groups excluding carboxylic acids is 1. The summed E-state index contributed by atoms with van der Waals surface area (Å²) in [6.07, 6.45) is 0. The van der Waals surface area contributed by atoms with E-state index in [9.17, 15) is 4.79 Å². The largest absolute Gasteiger partial charge is 0.461 e. The summed E-state index contributed by atoms with van der Waals surface area (Å²) in [6, 6.07) is 5.64. The van der Waals surface area contributed by atoms with Crippen molar-refractivity contribution in [3.05, 3.63) is 28.9 Å². The number of carbonyl (C=O) groups is 1. The van der Waals surface area contributed by atoms with E-state index in [0.29, 0.717) is 18.1 Å². The van der Waals surface area contributed by atoms with Crippen LogP contribution in [0.4, 0.5) is 0 Å². The van der Waals surface area contributed by atoms with Crippen LogP contribution in [-0.4, -0.2) is 24.4 Å². The van der Waals surface area contributed by atoms with Crippen molar-refractivity contribution in [3.8, 4) is 21.9 Å². The van der Waals surface area contributed by atoms with Crippen LogP contribution in [0.2, 0.25) is 0 Å². The van der Waals surface area contributed by atoms with Crippen molar-refractivity contribution in [2.75, 3.05) is 13.4 Å². The number of nitrogens with zero attached hydrogens (tertiary/aromatic N) is 1. The highest BCUT2D eigenvalue weighted by Gasteiger charge is 2.23. The molecule has 0 bridgehead atoms. The van der Waals surface area contributed by atoms with Crippen LogP contribution in [0.25, 0.3) is 10.4 Å². The molecule has 0 saturated heterocycles. The van der Waals surface area contributed by atoms with Gasteiger partial charge in [-0.05, 0) is 30.7 Å². The van der Waals surface area contributed by atoms with E-state index in [0.717, 1.165) is 21.2 Å². The average Bonchev–Trinajstić information content (AvgIpc) is 3.13. The van der Waals surface area contributed by atoms with Gasteiger partial charge >= 0.3 is 5.97 Å². The lowest BCUT2D eigenvalue weighted by atomic mass is 10.1. The number of hydrogen-bond donors (Lipinski definition) is 0. The highest BCUT2D eigenvalue weighted by molar-refractivity contribution is 7.15. The minimum absolute atomic E-state index is 0.226. The van der Waals surface area contributed by atoms with Gasteiger partial charge in [-0.15, -0.1) is 11.3 Å². The predicted molar refractivity (Wildman–Crippen MR) is 83.7 cm³/mol. The lowest BCUT2D eigenvalue weighted by molar-refractivity contribution is 0.0521. The Labute approximate surface area is 132 Å². The third kappa shape index (κ3) is 2.66. The van der Waals surface area contributed by atoms with Gasteiger partial charge in [0.05, 0.1) is 16.5 Å². The molecule has 0 radical (unpaired) electrons. The number of thiazole rings is 1. The van der Waals surface area contributed by atoms with E-state index in [4.69, 9.17) is 14.2 Å². The summed E-state index contributed by atoms with van der Waals surface area (Å²) in [5.74, 6) is 1.26. The molecule has 22 heavy (non-hydrogen) atoms. The molecule has 0 atom stereocenters. The second-order valence-corrected chi connectivity index (χ2v) is 6.20. The first kappa shape index (κ1) is 14.8. The number of esters is 1. The summed E-state index contributed by atoms with van der Waals surface area (Å²) in [5.41, 5.74) is 1.26. The van der Waals surface area contributed by atoms with Crippen molar-refractivity contribution in [1.29, 1.82) is 0 Å². The maximum atomic E-state index is 12.2. The molecular formula is C16H17NO4S. The van der Waals surface area contributed by atoms with Crippen LogP contribution in [0, 0.1) is 0 Å². The summed E-state index contributed by atoms with van der Waals surface area (Å²) < 4.78 is 15.9. The molecule has 6 heteroatoms. The van der Waals surface area contributed by atoms with E-state index >= 15 is 0 Å². The van der Waals surface area contributed by atoms with E-state index < -0.39 is 5.97 Å². The minimum Gasteiger partial charge on any atom is -0.461 e. The summed E-state index contributed by atoms with van der Waals surface area (Å²) in [5, 5.41) is 0.913. The van der Waals surface area contributed by atoms with Gasteiger partial charge in [0.15, 0.2) is 17.2 Å². The first-order chi connectivity index (χ1) is 10.6. The fourth-order valence-electron chi connectivity index (χ4n) is 2.15.